The Bertz CT molecular complexity index is 450. The van der Waals surface area contributed by atoms with E-state index in [0.717, 1.165) is 54.2 Å². The summed E-state index contributed by atoms with van der Waals surface area (Å²) in [5.41, 5.74) is 1.13. The van der Waals surface area contributed by atoms with Crippen molar-refractivity contribution in [3.05, 3.63) is 11.4 Å². The van der Waals surface area contributed by atoms with Gasteiger partial charge in [-0.05, 0) is 38.0 Å². The van der Waals surface area contributed by atoms with E-state index in [1.54, 1.807) is 0 Å². The van der Waals surface area contributed by atoms with Crippen LogP contribution in [-0.2, 0) is 6.42 Å². The van der Waals surface area contributed by atoms with Crippen LogP contribution in [0, 0.1) is 18.8 Å². The maximum absolute atomic E-state index is 4.71. The molecule has 0 spiro atoms. The third-order valence-electron chi connectivity index (χ3n) is 4.60. The van der Waals surface area contributed by atoms with Gasteiger partial charge in [-0.1, -0.05) is 26.7 Å². The molecule has 0 aromatic carbocycles. The predicted molar refractivity (Wildman–Crippen MR) is 89.9 cm³/mol. The Kier molecular flexibility index (Phi) is 5.83. The van der Waals surface area contributed by atoms with Gasteiger partial charge in [0.2, 0.25) is 0 Å². The van der Waals surface area contributed by atoms with Crippen LogP contribution in [0.5, 0.6) is 0 Å². The molecule has 4 nitrogen and oxygen atoms in total. The summed E-state index contributed by atoms with van der Waals surface area (Å²) in [6, 6.07) is 0. The average molecular weight is 290 g/mol. The maximum Gasteiger partial charge on any atom is 0.134 e. The topological polar surface area (TPSA) is 49.8 Å². The molecule has 1 aromatic heterocycles. The normalized spacial score (nSPS) is 22.1. The lowest BCUT2D eigenvalue weighted by atomic mass is 9.83. The molecule has 0 bridgehead atoms. The van der Waals surface area contributed by atoms with E-state index >= 15 is 0 Å². The highest BCUT2D eigenvalue weighted by Gasteiger charge is 2.18. The highest BCUT2D eigenvalue weighted by Crippen LogP contribution is 2.29. The summed E-state index contributed by atoms with van der Waals surface area (Å²) in [7, 11) is 1.93. The molecule has 1 aliphatic carbocycles. The molecular weight excluding hydrogens is 260 g/mol. The van der Waals surface area contributed by atoms with E-state index in [2.05, 4.69) is 36.4 Å². The quantitative estimate of drug-likeness (QED) is 0.831. The van der Waals surface area contributed by atoms with Gasteiger partial charge in [-0.25, -0.2) is 9.97 Å². The molecule has 0 amide bonds. The van der Waals surface area contributed by atoms with Crippen LogP contribution in [0.15, 0.2) is 0 Å². The van der Waals surface area contributed by atoms with E-state index in [1.165, 1.54) is 25.7 Å². The van der Waals surface area contributed by atoms with Gasteiger partial charge >= 0.3 is 0 Å². The first-order valence-electron chi connectivity index (χ1n) is 8.43. The summed E-state index contributed by atoms with van der Waals surface area (Å²) in [5.74, 6) is 4.61. The molecule has 4 heteroatoms. The van der Waals surface area contributed by atoms with Crippen molar-refractivity contribution in [3.63, 3.8) is 0 Å². The van der Waals surface area contributed by atoms with Crippen molar-refractivity contribution in [2.24, 2.45) is 11.8 Å². The van der Waals surface area contributed by atoms with Crippen LogP contribution in [0.4, 0.5) is 11.6 Å². The fourth-order valence-corrected chi connectivity index (χ4v) is 3.09. The SMILES string of the molecule is CCCc1nc(NC)c(C)c(NCC2CCC(C)CC2)n1. The van der Waals surface area contributed by atoms with Gasteiger partial charge in [-0.15, -0.1) is 0 Å². The minimum atomic E-state index is 0.795. The first-order chi connectivity index (χ1) is 10.1. The highest BCUT2D eigenvalue weighted by molar-refractivity contribution is 5.57. The average Bonchev–Trinajstić information content (AvgIpc) is 2.49. The first kappa shape index (κ1) is 16.1. The molecule has 1 aliphatic rings. The molecule has 21 heavy (non-hydrogen) atoms. The summed E-state index contributed by atoms with van der Waals surface area (Å²) in [5, 5.41) is 6.77. The molecule has 1 fully saturated rings. The van der Waals surface area contributed by atoms with Crippen LogP contribution < -0.4 is 10.6 Å². The summed E-state index contributed by atoms with van der Waals surface area (Å²) in [6.07, 6.45) is 7.45. The Hall–Kier alpha value is -1.32. The molecule has 1 heterocycles. The monoisotopic (exact) mass is 290 g/mol. The van der Waals surface area contributed by atoms with E-state index in [1.807, 2.05) is 7.05 Å². The van der Waals surface area contributed by atoms with Crippen molar-refractivity contribution in [3.8, 4) is 0 Å². The van der Waals surface area contributed by atoms with Crippen molar-refractivity contribution < 1.29 is 0 Å². The number of rotatable bonds is 6. The van der Waals surface area contributed by atoms with Gasteiger partial charge in [0, 0.05) is 25.6 Å². The van der Waals surface area contributed by atoms with Crippen molar-refractivity contribution >= 4 is 11.6 Å². The van der Waals surface area contributed by atoms with E-state index in [4.69, 9.17) is 4.98 Å². The Labute approximate surface area is 129 Å². The number of hydrogen-bond donors (Lipinski definition) is 2. The van der Waals surface area contributed by atoms with Gasteiger partial charge in [-0.2, -0.15) is 0 Å². The van der Waals surface area contributed by atoms with Gasteiger partial charge in [-0.3, -0.25) is 0 Å². The number of anilines is 2. The maximum atomic E-state index is 4.71. The number of nitrogens with one attached hydrogen (secondary N) is 2. The van der Waals surface area contributed by atoms with Crippen LogP contribution in [-0.4, -0.2) is 23.6 Å². The van der Waals surface area contributed by atoms with Gasteiger partial charge in [0.25, 0.3) is 0 Å². The summed E-state index contributed by atoms with van der Waals surface area (Å²) >= 11 is 0. The van der Waals surface area contributed by atoms with E-state index in [-0.39, 0.29) is 0 Å². The van der Waals surface area contributed by atoms with Gasteiger partial charge in [0.1, 0.15) is 17.5 Å². The molecule has 0 radical (unpaired) electrons. The molecule has 118 valence electrons. The van der Waals surface area contributed by atoms with Crippen molar-refractivity contribution in [2.75, 3.05) is 24.2 Å². The Morgan fingerprint density at radius 3 is 2.38 bits per heavy atom. The zero-order chi connectivity index (χ0) is 15.2. The van der Waals surface area contributed by atoms with Crippen LogP contribution in [0.3, 0.4) is 0 Å². The first-order valence-corrected chi connectivity index (χ1v) is 8.43. The summed E-state index contributed by atoms with van der Waals surface area (Å²) in [4.78, 5) is 9.29. The van der Waals surface area contributed by atoms with E-state index < -0.39 is 0 Å². The fourth-order valence-electron chi connectivity index (χ4n) is 3.09. The lowest BCUT2D eigenvalue weighted by Gasteiger charge is -2.26. The predicted octanol–water partition coefficient (Wildman–Crippen LogP) is 4.02. The van der Waals surface area contributed by atoms with Crippen molar-refractivity contribution in [2.45, 2.75) is 59.3 Å². The lowest BCUT2D eigenvalue weighted by Crippen LogP contribution is -2.21. The van der Waals surface area contributed by atoms with Crippen LogP contribution in [0.2, 0.25) is 0 Å². The minimum absolute atomic E-state index is 0.795. The van der Waals surface area contributed by atoms with E-state index in [0.29, 0.717) is 0 Å². The highest BCUT2D eigenvalue weighted by atomic mass is 15.1. The number of aryl methyl sites for hydroxylation is 1. The molecule has 2 N–H and O–H groups in total. The number of nitrogens with zero attached hydrogens (tertiary/aromatic N) is 2. The second-order valence-electron chi connectivity index (χ2n) is 6.47. The van der Waals surface area contributed by atoms with Crippen LogP contribution in [0.1, 0.15) is 57.3 Å². The molecule has 0 saturated heterocycles. The molecule has 0 unspecified atom stereocenters. The second-order valence-corrected chi connectivity index (χ2v) is 6.47. The lowest BCUT2D eigenvalue weighted by molar-refractivity contribution is 0.300. The van der Waals surface area contributed by atoms with Gasteiger partial charge in [0.05, 0.1) is 0 Å². The van der Waals surface area contributed by atoms with Crippen molar-refractivity contribution in [1.82, 2.24) is 9.97 Å². The molecule has 1 saturated carbocycles. The standard InChI is InChI=1S/C17H30N4/c1-5-6-15-20-16(18-4)13(3)17(21-15)19-11-14-9-7-12(2)8-10-14/h12,14H,5-11H2,1-4H3,(H2,18,19,20,21). The summed E-state index contributed by atoms with van der Waals surface area (Å²) in [6.45, 7) is 7.67. The third kappa shape index (κ3) is 4.32. The zero-order valence-electron chi connectivity index (χ0n) is 14.0. The Morgan fingerprint density at radius 2 is 1.76 bits per heavy atom. The number of hydrogen-bond acceptors (Lipinski definition) is 4. The molecule has 2 rings (SSSR count). The van der Waals surface area contributed by atoms with Crippen molar-refractivity contribution in [1.29, 1.82) is 0 Å². The largest absolute Gasteiger partial charge is 0.373 e. The number of aromatic nitrogens is 2. The minimum Gasteiger partial charge on any atom is -0.373 e. The molecule has 0 aliphatic heterocycles. The Balaban J connectivity index is 2.02. The zero-order valence-corrected chi connectivity index (χ0v) is 14.0. The van der Waals surface area contributed by atoms with Crippen LogP contribution in [0.25, 0.3) is 0 Å². The third-order valence-corrected chi connectivity index (χ3v) is 4.60. The fraction of sp³-hybridized carbons (Fsp3) is 0.765. The molecule has 0 atom stereocenters. The van der Waals surface area contributed by atoms with Gasteiger partial charge < -0.3 is 10.6 Å². The molecular formula is C17H30N4. The smallest absolute Gasteiger partial charge is 0.134 e. The van der Waals surface area contributed by atoms with E-state index in [9.17, 15) is 0 Å². The second kappa shape index (κ2) is 7.62. The molecule has 1 aromatic rings. The Morgan fingerprint density at radius 1 is 1.10 bits per heavy atom. The van der Waals surface area contributed by atoms with Gasteiger partial charge in [0.15, 0.2) is 0 Å². The van der Waals surface area contributed by atoms with Crippen LogP contribution >= 0.6 is 0 Å². The summed E-state index contributed by atoms with van der Waals surface area (Å²) < 4.78 is 0.